The fourth-order valence-electron chi connectivity index (χ4n) is 5.77. The molecule has 0 atom stereocenters. The lowest BCUT2D eigenvalue weighted by Gasteiger charge is -2.42. The van der Waals surface area contributed by atoms with E-state index in [1.807, 2.05) is 12.1 Å². The van der Waals surface area contributed by atoms with Gasteiger partial charge in [-0.25, -0.2) is 4.98 Å². The molecule has 2 aliphatic heterocycles. The number of halogens is 2. The van der Waals surface area contributed by atoms with Gasteiger partial charge in [0.05, 0.1) is 22.9 Å². The fraction of sp³-hybridized carbons (Fsp3) is 0.484. The standard InChI is InChI=1S/C31H41BrClN7O2/c1-20-16-27(40-10-8-22(9-11-40)39-14-12-38(4)13-15-39)28(42-5)18-26(20)36-30-34-19-24(32)29(37-30)35-25-7-6-21(33)17-23(25)31(2,3)41/h6-7,16-19,22,41H,8-15H2,1-5H3,(H2,34,35,36,37). The normalized spacial score (nSPS) is 17.4. The Balaban J connectivity index is 1.31. The lowest BCUT2D eigenvalue weighted by molar-refractivity contribution is 0.0794. The molecule has 0 unspecified atom stereocenters. The third kappa shape index (κ3) is 7.11. The summed E-state index contributed by atoms with van der Waals surface area (Å²) in [6.45, 7) is 12.2. The predicted molar refractivity (Wildman–Crippen MR) is 175 cm³/mol. The number of nitrogens with zero attached hydrogens (tertiary/aromatic N) is 5. The molecule has 2 aromatic carbocycles. The van der Waals surface area contributed by atoms with Crippen LogP contribution in [0.15, 0.2) is 41.0 Å². The molecule has 0 amide bonds. The van der Waals surface area contributed by atoms with Gasteiger partial charge in [0, 0.05) is 79.5 Å². The number of aliphatic hydroxyl groups is 1. The van der Waals surface area contributed by atoms with Crippen molar-refractivity contribution in [2.24, 2.45) is 0 Å². The number of ether oxygens (including phenoxy) is 1. The zero-order valence-electron chi connectivity index (χ0n) is 25.0. The third-order valence-corrected chi connectivity index (χ3v) is 9.09. The van der Waals surface area contributed by atoms with Crippen LogP contribution in [0.5, 0.6) is 5.75 Å². The van der Waals surface area contributed by atoms with E-state index in [1.54, 1.807) is 39.3 Å². The molecule has 3 heterocycles. The SMILES string of the molecule is COc1cc(Nc2ncc(Br)c(Nc3ccc(Cl)cc3C(C)(C)O)n2)c(C)cc1N1CCC(N2CCN(C)CC2)CC1. The molecule has 0 radical (unpaired) electrons. The van der Waals surface area contributed by atoms with Gasteiger partial charge in [0.1, 0.15) is 11.6 Å². The highest BCUT2D eigenvalue weighted by molar-refractivity contribution is 9.10. The number of hydrogen-bond acceptors (Lipinski definition) is 9. The number of anilines is 5. The van der Waals surface area contributed by atoms with E-state index in [2.05, 4.69) is 66.3 Å². The van der Waals surface area contributed by atoms with Crippen LogP contribution in [0.25, 0.3) is 0 Å². The molecule has 42 heavy (non-hydrogen) atoms. The molecule has 2 saturated heterocycles. The predicted octanol–water partition coefficient (Wildman–Crippen LogP) is 6.14. The Morgan fingerprint density at radius 3 is 2.40 bits per heavy atom. The molecular weight excluding hydrogens is 618 g/mol. The Bertz CT molecular complexity index is 1400. The number of aromatic nitrogens is 2. The van der Waals surface area contributed by atoms with Crippen LogP contribution in [0, 0.1) is 6.92 Å². The van der Waals surface area contributed by atoms with Crippen molar-refractivity contribution >= 4 is 56.4 Å². The Morgan fingerprint density at radius 1 is 1.02 bits per heavy atom. The molecule has 3 aromatic rings. The van der Waals surface area contributed by atoms with Crippen molar-refractivity contribution < 1.29 is 9.84 Å². The van der Waals surface area contributed by atoms with Crippen LogP contribution in [0.3, 0.4) is 0 Å². The molecule has 0 spiro atoms. The number of aryl methyl sites for hydroxylation is 1. The Labute approximate surface area is 262 Å². The summed E-state index contributed by atoms with van der Waals surface area (Å²) in [6, 6.07) is 10.2. The van der Waals surface area contributed by atoms with Crippen LogP contribution in [-0.4, -0.2) is 84.3 Å². The van der Waals surface area contributed by atoms with Crippen LogP contribution in [0.1, 0.15) is 37.8 Å². The second kappa shape index (κ2) is 12.9. The molecule has 1 aromatic heterocycles. The van der Waals surface area contributed by atoms with Crippen LogP contribution in [0.2, 0.25) is 5.02 Å². The van der Waals surface area contributed by atoms with Gasteiger partial charge in [0.2, 0.25) is 5.95 Å². The monoisotopic (exact) mass is 657 g/mol. The Kier molecular flexibility index (Phi) is 9.49. The Morgan fingerprint density at radius 2 is 1.74 bits per heavy atom. The van der Waals surface area contributed by atoms with E-state index in [0.29, 0.717) is 38.6 Å². The molecule has 2 aliphatic rings. The third-order valence-electron chi connectivity index (χ3n) is 8.27. The van der Waals surface area contributed by atoms with Gasteiger partial charge in [-0.15, -0.1) is 0 Å². The van der Waals surface area contributed by atoms with Gasteiger partial charge in [-0.05, 0) is 86.4 Å². The minimum atomic E-state index is -1.09. The molecule has 0 aliphatic carbocycles. The molecule has 3 N–H and O–H groups in total. The summed E-state index contributed by atoms with van der Waals surface area (Å²) in [7, 11) is 3.93. The lowest BCUT2D eigenvalue weighted by atomic mass is 9.96. The number of benzene rings is 2. The van der Waals surface area contributed by atoms with Crippen molar-refractivity contribution in [3.8, 4) is 5.75 Å². The largest absolute Gasteiger partial charge is 0.495 e. The molecule has 5 rings (SSSR count). The minimum Gasteiger partial charge on any atom is -0.495 e. The number of rotatable bonds is 8. The van der Waals surface area contributed by atoms with E-state index >= 15 is 0 Å². The van der Waals surface area contributed by atoms with Crippen LogP contribution < -0.4 is 20.3 Å². The minimum absolute atomic E-state index is 0.436. The van der Waals surface area contributed by atoms with Crippen molar-refractivity contribution in [1.82, 2.24) is 19.8 Å². The second-order valence-electron chi connectivity index (χ2n) is 11.8. The zero-order chi connectivity index (χ0) is 30.0. The average molecular weight is 659 g/mol. The van der Waals surface area contributed by atoms with Crippen LogP contribution in [-0.2, 0) is 5.60 Å². The molecule has 9 nitrogen and oxygen atoms in total. The highest BCUT2D eigenvalue weighted by Gasteiger charge is 2.28. The molecule has 226 valence electrons. The second-order valence-corrected chi connectivity index (χ2v) is 13.1. The number of nitrogens with one attached hydrogen (secondary N) is 2. The van der Waals surface area contributed by atoms with E-state index in [1.165, 1.54) is 13.1 Å². The van der Waals surface area contributed by atoms with Gasteiger partial charge in [-0.2, -0.15) is 4.98 Å². The highest BCUT2D eigenvalue weighted by atomic mass is 79.9. The molecule has 11 heteroatoms. The number of piperazine rings is 1. The van der Waals surface area contributed by atoms with Crippen molar-refractivity contribution in [3.05, 3.63) is 57.2 Å². The van der Waals surface area contributed by atoms with Gasteiger partial charge in [0.25, 0.3) is 0 Å². The molecule has 2 fully saturated rings. The summed E-state index contributed by atoms with van der Waals surface area (Å²) >= 11 is 9.77. The maximum Gasteiger partial charge on any atom is 0.229 e. The smallest absolute Gasteiger partial charge is 0.229 e. The average Bonchev–Trinajstić information content (AvgIpc) is 2.96. The Hall–Kier alpha value is -2.63. The molecule has 0 saturated carbocycles. The maximum absolute atomic E-state index is 10.7. The van der Waals surface area contributed by atoms with Crippen molar-refractivity contribution in [2.45, 2.75) is 45.3 Å². The summed E-state index contributed by atoms with van der Waals surface area (Å²) in [5.74, 6) is 1.82. The molecular formula is C31H41BrClN7O2. The van der Waals surface area contributed by atoms with Crippen molar-refractivity contribution in [2.75, 3.05) is 69.0 Å². The van der Waals surface area contributed by atoms with E-state index in [4.69, 9.17) is 21.3 Å². The number of methoxy groups -OCH3 is 1. The lowest BCUT2D eigenvalue weighted by Crippen LogP contribution is -2.52. The van der Waals surface area contributed by atoms with Crippen LogP contribution in [0.4, 0.5) is 28.8 Å². The maximum atomic E-state index is 10.7. The van der Waals surface area contributed by atoms with E-state index in [-0.39, 0.29) is 0 Å². The first-order valence-electron chi connectivity index (χ1n) is 14.5. The summed E-state index contributed by atoms with van der Waals surface area (Å²) in [4.78, 5) is 16.7. The van der Waals surface area contributed by atoms with Gasteiger partial charge in [0.15, 0.2) is 0 Å². The zero-order valence-corrected chi connectivity index (χ0v) is 27.4. The molecule has 0 bridgehead atoms. The summed E-state index contributed by atoms with van der Waals surface area (Å²) in [5, 5.41) is 17.9. The first-order chi connectivity index (χ1) is 20.0. The first-order valence-corrected chi connectivity index (χ1v) is 15.6. The van der Waals surface area contributed by atoms with Crippen LogP contribution >= 0.6 is 27.5 Å². The van der Waals surface area contributed by atoms with Gasteiger partial charge < -0.3 is 30.3 Å². The summed E-state index contributed by atoms with van der Waals surface area (Å²) < 4.78 is 6.56. The van der Waals surface area contributed by atoms with Crippen molar-refractivity contribution in [3.63, 3.8) is 0 Å². The van der Waals surface area contributed by atoms with Gasteiger partial charge in [-0.1, -0.05) is 11.6 Å². The highest BCUT2D eigenvalue weighted by Crippen LogP contribution is 2.38. The summed E-state index contributed by atoms with van der Waals surface area (Å²) in [5.41, 5.74) is 3.35. The number of hydrogen-bond donors (Lipinski definition) is 3. The number of piperidine rings is 1. The fourth-order valence-corrected chi connectivity index (χ4v) is 6.23. The topological polar surface area (TPSA) is 89.0 Å². The number of likely N-dealkylation sites (N-methyl/N-ethyl adjacent to an activating group) is 1. The quantitative estimate of drug-likeness (QED) is 0.264. The van der Waals surface area contributed by atoms with E-state index in [0.717, 1.165) is 61.7 Å². The van der Waals surface area contributed by atoms with Gasteiger partial charge >= 0.3 is 0 Å². The van der Waals surface area contributed by atoms with Gasteiger partial charge in [-0.3, -0.25) is 4.90 Å². The summed E-state index contributed by atoms with van der Waals surface area (Å²) in [6.07, 6.45) is 4.03. The first kappa shape index (κ1) is 30.8. The van der Waals surface area contributed by atoms with E-state index < -0.39 is 5.60 Å². The van der Waals surface area contributed by atoms with E-state index in [9.17, 15) is 5.11 Å². The van der Waals surface area contributed by atoms with Crippen molar-refractivity contribution in [1.29, 1.82) is 0 Å².